The third-order valence-corrected chi connectivity index (χ3v) is 3.92. The topological polar surface area (TPSA) is 37.0 Å². The molecular weight excluding hydrogens is 268 g/mol. The molecule has 2 N–H and O–H groups in total. The number of aromatic amines is 1. The van der Waals surface area contributed by atoms with Crippen LogP contribution >= 0.6 is 15.9 Å². The number of aromatic nitrogens is 1. The fraction of sp³-hybridized carbons (Fsp3) is 0.333. The van der Waals surface area contributed by atoms with Gasteiger partial charge in [0.25, 0.3) is 0 Å². The van der Waals surface area contributed by atoms with E-state index in [-0.39, 0.29) is 0 Å². The fourth-order valence-electron chi connectivity index (χ4n) is 2.36. The van der Waals surface area contributed by atoms with Gasteiger partial charge in [0, 0.05) is 23.1 Å². The molecule has 2 aromatic rings. The summed E-state index contributed by atoms with van der Waals surface area (Å²) in [5.41, 5.74) is 3.90. The maximum absolute atomic E-state index is 5.34. The van der Waals surface area contributed by atoms with E-state index < -0.39 is 0 Å². The van der Waals surface area contributed by atoms with Crippen molar-refractivity contribution in [2.45, 2.75) is 13.0 Å². The molecule has 0 radical (unpaired) electrons. The van der Waals surface area contributed by atoms with Gasteiger partial charge in [0.05, 0.1) is 11.6 Å². The first-order valence-electron chi connectivity index (χ1n) is 5.38. The Kier molecular flexibility index (Phi) is 2.41. The summed E-state index contributed by atoms with van der Waals surface area (Å²) in [6.45, 7) is 1.97. The largest absolute Gasteiger partial charge is 0.496 e. The Balaban J connectivity index is 2.32. The van der Waals surface area contributed by atoms with E-state index in [2.05, 4.69) is 32.3 Å². The Morgan fingerprint density at radius 2 is 2.25 bits per heavy atom. The minimum atomic E-state index is 0.896. The Morgan fingerprint density at radius 1 is 1.38 bits per heavy atom. The molecule has 0 amide bonds. The Bertz CT molecular complexity index is 547. The monoisotopic (exact) mass is 280 g/mol. The molecule has 3 nitrogen and oxygen atoms in total. The number of methoxy groups -OCH3 is 1. The molecule has 84 valence electrons. The summed E-state index contributed by atoms with van der Waals surface area (Å²) in [5.74, 6) is 0.896. The number of rotatable bonds is 1. The average Bonchev–Trinajstić information content (AvgIpc) is 2.68. The maximum atomic E-state index is 5.34. The van der Waals surface area contributed by atoms with Crippen LogP contribution in [0.3, 0.4) is 0 Å². The highest BCUT2D eigenvalue weighted by atomic mass is 79.9. The van der Waals surface area contributed by atoms with Gasteiger partial charge in [0.2, 0.25) is 0 Å². The van der Waals surface area contributed by atoms with E-state index in [1.165, 1.54) is 22.2 Å². The second-order valence-electron chi connectivity index (χ2n) is 4.01. The number of fused-ring (bicyclic) bond motifs is 3. The van der Waals surface area contributed by atoms with Gasteiger partial charge in [-0.25, -0.2) is 0 Å². The lowest BCUT2D eigenvalue weighted by Crippen LogP contribution is -2.23. The van der Waals surface area contributed by atoms with Crippen molar-refractivity contribution in [3.05, 3.63) is 27.9 Å². The lowest BCUT2D eigenvalue weighted by molar-refractivity contribution is 0.413. The zero-order valence-electron chi connectivity index (χ0n) is 9.06. The van der Waals surface area contributed by atoms with Crippen LogP contribution in [0.1, 0.15) is 11.3 Å². The molecule has 16 heavy (non-hydrogen) atoms. The van der Waals surface area contributed by atoms with Crippen LogP contribution in [0, 0.1) is 0 Å². The first-order chi connectivity index (χ1) is 7.81. The lowest BCUT2D eigenvalue weighted by Gasteiger charge is -2.13. The molecule has 0 bridgehead atoms. The average molecular weight is 281 g/mol. The number of hydrogen-bond acceptors (Lipinski definition) is 2. The Labute approximate surface area is 102 Å². The standard InChI is InChI=1S/C12H13BrN2O/c1-16-10-3-2-8-11(12(10)13)7-4-5-14-6-9(7)15-8/h2-3,14-15H,4-6H2,1H3. The summed E-state index contributed by atoms with van der Waals surface area (Å²) >= 11 is 3.63. The lowest BCUT2D eigenvalue weighted by atomic mass is 10.0. The molecule has 0 saturated heterocycles. The number of ether oxygens (including phenoxy) is 1. The van der Waals surface area contributed by atoms with Crippen molar-refractivity contribution in [3.8, 4) is 5.75 Å². The van der Waals surface area contributed by atoms with E-state index in [4.69, 9.17) is 4.74 Å². The molecule has 0 fully saturated rings. The predicted octanol–water partition coefficient (Wildman–Crippen LogP) is 2.58. The first kappa shape index (κ1) is 10.2. The van der Waals surface area contributed by atoms with Gasteiger partial charge in [-0.3, -0.25) is 0 Å². The molecule has 0 unspecified atom stereocenters. The van der Waals surface area contributed by atoms with Gasteiger partial charge < -0.3 is 15.0 Å². The Morgan fingerprint density at radius 3 is 3.06 bits per heavy atom. The SMILES string of the molecule is COc1ccc2[nH]c3c(c2c1Br)CCNC3. The predicted molar refractivity (Wildman–Crippen MR) is 68.0 cm³/mol. The Hall–Kier alpha value is -1.00. The van der Waals surface area contributed by atoms with Crippen LogP contribution in [0.15, 0.2) is 16.6 Å². The van der Waals surface area contributed by atoms with Gasteiger partial charge in [-0.1, -0.05) is 0 Å². The summed E-state index contributed by atoms with van der Waals surface area (Å²) in [6.07, 6.45) is 1.07. The summed E-state index contributed by atoms with van der Waals surface area (Å²) in [5, 5.41) is 4.65. The van der Waals surface area contributed by atoms with Gasteiger partial charge in [-0.05, 0) is 46.6 Å². The second-order valence-corrected chi connectivity index (χ2v) is 4.81. The van der Waals surface area contributed by atoms with Crippen molar-refractivity contribution in [2.75, 3.05) is 13.7 Å². The van der Waals surface area contributed by atoms with Crippen molar-refractivity contribution >= 4 is 26.8 Å². The van der Waals surface area contributed by atoms with Crippen LogP contribution in [-0.4, -0.2) is 18.6 Å². The summed E-state index contributed by atoms with van der Waals surface area (Å²) in [4.78, 5) is 3.46. The molecule has 1 aliphatic rings. The van der Waals surface area contributed by atoms with Gasteiger partial charge >= 0.3 is 0 Å². The quantitative estimate of drug-likeness (QED) is 0.843. The third kappa shape index (κ3) is 1.37. The third-order valence-electron chi connectivity index (χ3n) is 3.13. The molecule has 1 aliphatic heterocycles. The van der Waals surface area contributed by atoms with Crippen LogP contribution in [0.2, 0.25) is 0 Å². The van der Waals surface area contributed by atoms with E-state index in [1.54, 1.807) is 7.11 Å². The molecule has 3 rings (SSSR count). The number of H-pyrrole nitrogens is 1. The van der Waals surface area contributed by atoms with Gasteiger partial charge in [-0.15, -0.1) is 0 Å². The molecule has 2 heterocycles. The zero-order valence-corrected chi connectivity index (χ0v) is 10.6. The normalized spacial score (nSPS) is 15.1. The van der Waals surface area contributed by atoms with Crippen LogP contribution < -0.4 is 10.1 Å². The molecule has 1 aromatic carbocycles. The molecular formula is C12H13BrN2O. The molecule has 0 atom stereocenters. The molecule has 0 aliphatic carbocycles. The van der Waals surface area contributed by atoms with Crippen LogP contribution in [0.4, 0.5) is 0 Å². The van der Waals surface area contributed by atoms with Gasteiger partial charge in [0.15, 0.2) is 0 Å². The van der Waals surface area contributed by atoms with Crippen molar-refractivity contribution in [1.82, 2.24) is 10.3 Å². The number of benzene rings is 1. The highest BCUT2D eigenvalue weighted by molar-refractivity contribution is 9.10. The van der Waals surface area contributed by atoms with Crippen molar-refractivity contribution in [3.63, 3.8) is 0 Å². The highest BCUT2D eigenvalue weighted by Gasteiger charge is 2.18. The van der Waals surface area contributed by atoms with Crippen molar-refractivity contribution < 1.29 is 4.74 Å². The van der Waals surface area contributed by atoms with Crippen LogP contribution in [0.5, 0.6) is 5.75 Å². The molecule has 0 saturated carbocycles. The summed E-state index contributed by atoms with van der Waals surface area (Å²) in [6, 6.07) is 4.07. The van der Waals surface area contributed by atoms with Gasteiger partial charge in [0.1, 0.15) is 5.75 Å². The first-order valence-corrected chi connectivity index (χ1v) is 6.17. The molecule has 1 aromatic heterocycles. The van der Waals surface area contributed by atoms with E-state index >= 15 is 0 Å². The molecule has 0 spiro atoms. The second kappa shape index (κ2) is 3.79. The summed E-state index contributed by atoms with van der Waals surface area (Å²) in [7, 11) is 1.70. The van der Waals surface area contributed by atoms with E-state index in [1.807, 2.05) is 6.07 Å². The minimum absolute atomic E-state index is 0.896. The van der Waals surface area contributed by atoms with E-state index in [9.17, 15) is 0 Å². The zero-order chi connectivity index (χ0) is 11.1. The van der Waals surface area contributed by atoms with E-state index in [0.717, 1.165) is 29.7 Å². The maximum Gasteiger partial charge on any atom is 0.133 e. The highest BCUT2D eigenvalue weighted by Crippen LogP contribution is 2.37. The minimum Gasteiger partial charge on any atom is -0.496 e. The number of hydrogen-bond donors (Lipinski definition) is 2. The van der Waals surface area contributed by atoms with Gasteiger partial charge in [-0.2, -0.15) is 0 Å². The van der Waals surface area contributed by atoms with Crippen molar-refractivity contribution in [1.29, 1.82) is 0 Å². The number of halogens is 1. The molecule has 4 heteroatoms. The summed E-state index contributed by atoms with van der Waals surface area (Å²) < 4.78 is 6.40. The fourth-order valence-corrected chi connectivity index (χ4v) is 3.10. The van der Waals surface area contributed by atoms with Crippen molar-refractivity contribution in [2.24, 2.45) is 0 Å². The van der Waals surface area contributed by atoms with Crippen LogP contribution in [-0.2, 0) is 13.0 Å². The van der Waals surface area contributed by atoms with E-state index in [0.29, 0.717) is 0 Å². The number of nitrogens with one attached hydrogen (secondary N) is 2. The smallest absolute Gasteiger partial charge is 0.133 e. The van der Waals surface area contributed by atoms with Crippen LogP contribution in [0.25, 0.3) is 10.9 Å².